The minimum absolute atomic E-state index is 0.0214. The lowest BCUT2D eigenvalue weighted by Gasteiger charge is -2.22. The lowest BCUT2D eigenvalue weighted by molar-refractivity contribution is -0.117. The first kappa shape index (κ1) is 20.2. The van der Waals surface area contributed by atoms with Crippen LogP contribution in [0.4, 0.5) is 0 Å². The van der Waals surface area contributed by atoms with Crippen LogP contribution in [-0.4, -0.2) is 37.0 Å². The Balaban J connectivity index is 3.92. The summed E-state index contributed by atoms with van der Waals surface area (Å²) in [6.45, 7) is 13.9. The van der Waals surface area contributed by atoms with E-state index in [1.807, 2.05) is 0 Å². The molecule has 0 aliphatic heterocycles. The monoisotopic (exact) mass is 296 g/mol. The predicted molar refractivity (Wildman–Crippen MR) is 92.5 cm³/mol. The van der Waals surface area contributed by atoms with E-state index in [2.05, 4.69) is 30.6 Å². The summed E-state index contributed by atoms with van der Waals surface area (Å²) in [6, 6.07) is 0. The molecule has 0 atom stereocenters. The van der Waals surface area contributed by atoms with E-state index in [-0.39, 0.29) is 5.91 Å². The topological polar surface area (TPSA) is 32.3 Å². The number of nitrogens with one attached hydrogen (secondary N) is 1. The van der Waals surface area contributed by atoms with Crippen molar-refractivity contribution < 1.29 is 4.79 Å². The molecule has 124 valence electrons. The lowest BCUT2D eigenvalue weighted by atomic mass is 10.1. The molecule has 0 heterocycles. The maximum atomic E-state index is 11.5. The van der Waals surface area contributed by atoms with Crippen LogP contribution >= 0.6 is 0 Å². The van der Waals surface area contributed by atoms with Crippen LogP contribution in [-0.2, 0) is 4.79 Å². The van der Waals surface area contributed by atoms with E-state index < -0.39 is 0 Å². The van der Waals surface area contributed by atoms with Gasteiger partial charge in [0.2, 0.25) is 5.91 Å². The molecule has 1 N–H and O–H groups in total. The highest BCUT2D eigenvalue weighted by Gasteiger charge is 2.06. The van der Waals surface area contributed by atoms with Crippen molar-refractivity contribution in [2.24, 2.45) is 0 Å². The number of carbonyl (C=O) groups is 1. The van der Waals surface area contributed by atoms with Crippen LogP contribution in [0.1, 0.15) is 72.1 Å². The summed E-state index contributed by atoms with van der Waals surface area (Å²) in [5.74, 6) is -0.0214. The molecule has 0 saturated heterocycles. The summed E-state index contributed by atoms with van der Waals surface area (Å²) < 4.78 is 0. The van der Waals surface area contributed by atoms with Gasteiger partial charge in [-0.05, 0) is 32.9 Å². The largest absolute Gasteiger partial charge is 0.351 e. The molecule has 0 bridgehead atoms. The fourth-order valence-electron chi connectivity index (χ4n) is 2.34. The fraction of sp³-hybridized carbons (Fsp3) is 0.833. The zero-order valence-electron chi connectivity index (χ0n) is 14.5. The van der Waals surface area contributed by atoms with Gasteiger partial charge in [-0.25, -0.2) is 0 Å². The van der Waals surface area contributed by atoms with E-state index in [0.717, 1.165) is 26.2 Å². The Morgan fingerprint density at radius 2 is 1.43 bits per heavy atom. The number of rotatable bonds is 14. The van der Waals surface area contributed by atoms with Crippen molar-refractivity contribution in [3.05, 3.63) is 12.2 Å². The molecule has 0 unspecified atom stereocenters. The van der Waals surface area contributed by atoms with Crippen molar-refractivity contribution in [2.75, 3.05) is 26.2 Å². The maximum absolute atomic E-state index is 11.5. The van der Waals surface area contributed by atoms with Gasteiger partial charge in [0.25, 0.3) is 0 Å². The lowest BCUT2D eigenvalue weighted by Crippen LogP contribution is -2.36. The van der Waals surface area contributed by atoms with E-state index in [1.165, 1.54) is 51.4 Å². The summed E-state index contributed by atoms with van der Waals surface area (Å²) in [7, 11) is 0. The Bertz CT molecular complexity index is 264. The highest BCUT2D eigenvalue weighted by molar-refractivity contribution is 5.92. The van der Waals surface area contributed by atoms with Gasteiger partial charge in [0, 0.05) is 18.7 Å². The number of hydrogen-bond donors (Lipinski definition) is 1. The van der Waals surface area contributed by atoms with Crippen molar-refractivity contribution in [3.63, 3.8) is 0 Å². The van der Waals surface area contributed by atoms with Crippen LogP contribution in [0.25, 0.3) is 0 Å². The minimum atomic E-state index is -0.0214. The van der Waals surface area contributed by atoms with Crippen molar-refractivity contribution in [1.82, 2.24) is 10.2 Å². The molecule has 1 amide bonds. The third-order valence-corrected chi connectivity index (χ3v) is 3.76. The molecule has 0 radical (unpaired) electrons. The average Bonchev–Trinajstić information content (AvgIpc) is 2.46. The molecular formula is C18H36N2O. The van der Waals surface area contributed by atoms with E-state index in [4.69, 9.17) is 0 Å². The third kappa shape index (κ3) is 12.6. The number of nitrogens with zero attached hydrogens (tertiary/aromatic N) is 1. The second kappa shape index (κ2) is 14.1. The van der Waals surface area contributed by atoms with Gasteiger partial charge in [-0.2, -0.15) is 0 Å². The maximum Gasteiger partial charge on any atom is 0.246 e. The number of hydrogen-bond acceptors (Lipinski definition) is 2. The minimum Gasteiger partial charge on any atom is -0.351 e. The van der Waals surface area contributed by atoms with Gasteiger partial charge in [-0.15, -0.1) is 0 Å². The molecule has 0 aliphatic rings. The quantitative estimate of drug-likeness (QED) is 0.386. The van der Waals surface area contributed by atoms with Gasteiger partial charge >= 0.3 is 0 Å². The van der Waals surface area contributed by atoms with E-state index in [1.54, 1.807) is 6.92 Å². The summed E-state index contributed by atoms with van der Waals surface area (Å²) in [4.78, 5) is 14.0. The van der Waals surface area contributed by atoms with Gasteiger partial charge in [0.15, 0.2) is 0 Å². The van der Waals surface area contributed by atoms with Crippen molar-refractivity contribution in [2.45, 2.75) is 72.1 Å². The zero-order valence-corrected chi connectivity index (χ0v) is 14.5. The Morgan fingerprint density at radius 1 is 0.905 bits per heavy atom. The van der Waals surface area contributed by atoms with E-state index in [0.29, 0.717) is 5.57 Å². The SMILES string of the molecule is C=C(C)C(=O)NCCN(CCCCCC)CCCCCC. The first-order valence-electron chi connectivity index (χ1n) is 8.77. The van der Waals surface area contributed by atoms with Gasteiger partial charge in [0.1, 0.15) is 0 Å². The molecule has 0 aromatic carbocycles. The molecule has 0 rings (SSSR count). The van der Waals surface area contributed by atoms with E-state index >= 15 is 0 Å². The van der Waals surface area contributed by atoms with Crippen molar-refractivity contribution in [3.8, 4) is 0 Å². The highest BCUT2D eigenvalue weighted by Crippen LogP contribution is 2.05. The highest BCUT2D eigenvalue weighted by atomic mass is 16.1. The third-order valence-electron chi connectivity index (χ3n) is 3.76. The molecule has 3 nitrogen and oxygen atoms in total. The zero-order chi connectivity index (χ0) is 15.9. The van der Waals surface area contributed by atoms with Gasteiger partial charge in [-0.3, -0.25) is 4.79 Å². The molecule has 0 aromatic rings. The number of unbranched alkanes of at least 4 members (excludes halogenated alkanes) is 6. The number of amides is 1. The number of carbonyl (C=O) groups excluding carboxylic acids is 1. The summed E-state index contributed by atoms with van der Waals surface area (Å²) in [6.07, 6.45) is 10.4. The van der Waals surface area contributed by atoms with Crippen LogP contribution in [0.3, 0.4) is 0 Å². The predicted octanol–water partition coefficient (Wildman–Crippen LogP) is 4.14. The standard InChI is InChI=1S/C18H36N2O/c1-5-7-9-11-14-20(15-12-10-8-6-2)16-13-19-18(21)17(3)4/h3,5-16H2,1-2,4H3,(H,19,21). The molecule has 21 heavy (non-hydrogen) atoms. The Hall–Kier alpha value is -0.830. The molecule has 0 fully saturated rings. The first-order valence-corrected chi connectivity index (χ1v) is 8.77. The molecule has 0 aromatic heterocycles. The normalized spacial score (nSPS) is 10.9. The smallest absolute Gasteiger partial charge is 0.246 e. The molecular weight excluding hydrogens is 260 g/mol. The van der Waals surface area contributed by atoms with Crippen molar-refractivity contribution in [1.29, 1.82) is 0 Å². The fourth-order valence-corrected chi connectivity index (χ4v) is 2.34. The summed E-state index contributed by atoms with van der Waals surface area (Å²) in [5.41, 5.74) is 0.590. The molecule has 0 spiro atoms. The molecule has 0 saturated carbocycles. The first-order chi connectivity index (χ1) is 10.1. The summed E-state index contributed by atoms with van der Waals surface area (Å²) in [5, 5.41) is 2.94. The van der Waals surface area contributed by atoms with Crippen LogP contribution in [0.15, 0.2) is 12.2 Å². The second-order valence-electron chi connectivity index (χ2n) is 6.00. The average molecular weight is 296 g/mol. The van der Waals surface area contributed by atoms with Gasteiger partial charge in [0.05, 0.1) is 0 Å². The van der Waals surface area contributed by atoms with Crippen molar-refractivity contribution >= 4 is 5.91 Å². The summed E-state index contributed by atoms with van der Waals surface area (Å²) >= 11 is 0. The van der Waals surface area contributed by atoms with Crippen LogP contribution < -0.4 is 5.32 Å². The second-order valence-corrected chi connectivity index (χ2v) is 6.00. The Labute approximate surface area is 132 Å². The van der Waals surface area contributed by atoms with Gasteiger partial charge in [-0.1, -0.05) is 59.0 Å². The van der Waals surface area contributed by atoms with Gasteiger partial charge < -0.3 is 10.2 Å². The molecule has 3 heteroatoms. The Kier molecular flexibility index (Phi) is 13.6. The van der Waals surface area contributed by atoms with Crippen LogP contribution in [0, 0.1) is 0 Å². The van der Waals surface area contributed by atoms with Crippen LogP contribution in [0.5, 0.6) is 0 Å². The van der Waals surface area contributed by atoms with E-state index in [9.17, 15) is 4.79 Å². The Morgan fingerprint density at radius 3 is 1.86 bits per heavy atom. The van der Waals surface area contributed by atoms with Crippen LogP contribution in [0.2, 0.25) is 0 Å². The molecule has 0 aliphatic carbocycles.